The van der Waals surface area contributed by atoms with Gasteiger partial charge in [-0.25, -0.2) is 0 Å². The molecule has 2 rings (SSSR count). The Hall–Kier alpha value is -0.109. The molecule has 0 aromatic heterocycles. The Morgan fingerprint density at radius 3 is 1.49 bits per heavy atom. The van der Waals surface area contributed by atoms with Gasteiger partial charge in [-0.15, -0.1) is 0 Å². The lowest BCUT2D eigenvalue weighted by Crippen LogP contribution is -2.61. The van der Waals surface area contributed by atoms with Crippen molar-refractivity contribution in [3.8, 4) is 0 Å². The summed E-state index contributed by atoms with van der Waals surface area (Å²) in [6.07, 6.45) is 19.0. The van der Waals surface area contributed by atoms with E-state index in [0.29, 0.717) is 38.3 Å². The standard InChI is InChI=1S/C26H52O6Si3/c1-7-27-33(5,23-21-25-17-13-11-14-18-25)31-34(6,24-22-26-19-15-12-16-20-26)32-35(28-8-2,29-9-3)30-10-4/h13,15,17,19,25-26H,7-12,14,16,18,20-24H2,1-6H3. The quantitative estimate of drug-likeness (QED) is 0.134. The lowest BCUT2D eigenvalue weighted by atomic mass is 9.94. The first-order valence-corrected chi connectivity index (χ1v) is 20.8. The summed E-state index contributed by atoms with van der Waals surface area (Å²) in [5.41, 5.74) is 0. The summed E-state index contributed by atoms with van der Waals surface area (Å²) >= 11 is 0. The molecule has 0 radical (unpaired) electrons. The van der Waals surface area contributed by atoms with Gasteiger partial charge in [0.15, 0.2) is 0 Å². The minimum atomic E-state index is -3.32. The first-order valence-electron chi connectivity index (χ1n) is 14.1. The molecule has 2 aliphatic carbocycles. The highest BCUT2D eigenvalue weighted by Crippen LogP contribution is 2.34. The van der Waals surface area contributed by atoms with Crippen molar-refractivity contribution < 1.29 is 25.9 Å². The van der Waals surface area contributed by atoms with Gasteiger partial charge in [-0.3, -0.25) is 0 Å². The highest BCUT2D eigenvalue weighted by molar-refractivity contribution is 6.83. The van der Waals surface area contributed by atoms with Crippen molar-refractivity contribution in [2.45, 2.75) is 104 Å². The van der Waals surface area contributed by atoms with Gasteiger partial charge in [0.1, 0.15) is 0 Å². The van der Waals surface area contributed by atoms with E-state index in [2.05, 4.69) is 44.3 Å². The maximum absolute atomic E-state index is 7.12. The van der Waals surface area contributed by atoms with Crippen LogP contribution in [0.15, 0.2) is 24.3 Å². The van der Waals surface area contributed by atoms with Gasteiger partial charge in [0, 0.05) is 26.4 Å². The molecule has 35 heavy (non-hydrogen) atoms. The number of hydrogen-bond donors (Lipinski definition) is 0. The molecular formula is C26H52O6Si3. The molecule has 0 heterocycles. The molecule has 2 aliphatic rings. The van der Waals surface area contributed by atoms with E-state index in [1.807, 2.05) is 20.8 Å². The molecule has 0 aliphatic heterocycles. The third-order valence-corrected chi connectivity index (χ3v) is 18.2. The van der Waals surface area contributed by atoms with E-state index in [9.17, 15) is 0 Å². The van der Waals surface area contributed by atoms with E-state index < -0.39 is 26.2 Å². The van der Waals surface area contributed by atoms with Gasteiger partial charge in [-0.2, -0.15) is 0 Å². The summed E-state index contributed by atoms with van der Waals surface area (Å²) in [6.45, 7) is 14.5. The van der Waals surface area contributed by atoms with E-state index in [1.165, 1.54) is 38.5 Å². The van der Waals surface area contributed by atoms with Crippen molar-refractivity contribution in [3.63, 3.8) is 0 Å². The molecule has 0 aromatic carbocycles. The van der Waals surface area contributed by atoms with Crippen LogP contribution >= 0.6 is 0 Å². The first-order chi connectivity index (χ1) is 16.8. The summed E-state index contributed by atoms with van der Waals surface area (Å²) in [6, 6.07) is 1.85. The summed E-state index contributed by atoms with van der Waals surface area (Å²) in [5.74, 6) is 1.21. The zero-order valence-electron chi connectivity index (χ0n) is 23.3. The number of rotatable bonds is 18. The maximum Gasteiger partial charge on any atom is 0.670 e. The minimum absolute atomic E-state index is 0.482. The topological polar surface area (TPSA) is 55.4 Å². The monoisotopic (exact) mass is 544 g/mol. The SMILES string of the molecule is CCO[Si](C)(CCC1C=CCCC1)O[Si](C)(CCC1C=CCCC1)O[Si](OCC)(OCC)OCC. The van der Waals surface area contributed by atoms with Crippen LogP contribution < -0.4 is 0 Å². The van der Waals surface area contributed by atoms with Gasteiger partial charge in [0.25, 0.3) is 0 Å². The van der Waals surface area contributed by atoms with Crippen molar-refractivity contribution in [2.24, 2.45) is 11.8 Å². The Morgan fingerprint density at radius 1 is 0.629 bits per heavy atom. The average molecular weight is 545 g/mol. The van der Waals surface area contributed by atoms with Gasteiger partial charge in [0.2, 0.25) is 0 Å². The molecule has 0 aromatic rings. The summed E-state index contributed by atoms with van der Waals surface area (Å²) in [7, 11) is -8.57. The van der Waals surface area contributed by atoms with Gasteiger partial charge in [0.05, 0.1) is 0 Å². The van der Waals surface area contributed by atoms with Crippen LogP contribution in [0.25, 0.3) is 0 Å². The van der Waals surface area contributed by atoms with Crippen molar-refractivity contribution in [1.82, 2.24) is 0 Å². The molecule has 0 fully saturated rings. The van der Waals surface area contributed by atoms with E-state index >= 15 is 0 Å². The number of hydrogen-bond acceptors (Lipinski definition) is 6. The molecule has 4 unspecified atom stereocenters. The Kier molecular flexibility index (Phi) is 14.2. The maximum atomic E-state index is 7.12. The third-order valence-electron chi connectivity index (χ3n) is 6.83. The van der Waals surface area contributed by atoms with Gasteiger partial charge in [-0.05, 0) is 116 Å². The van der Waals surface area contributed by atoms with Crippen molar-refractivity contribution in [3.05, 3.63) is 24.3 Å². The summed E-state index contributed by atoms with van der Waals surface area (Å²) in [4.78, 5) is 0. The fourth-order valence-electron chi connectivity index (χ4n) is 5.19. The molecule has 0 bridgehead atoms. The van der Waals surface area contributed by atoms with E-state index in [1.54, 1.807) is 0 Å². The Bertz CT molecular complexity index is 632. The highest BCUT2D eigenvalue weighted by Gasteiger charge is 2.54. The van der Waals surface area contributed by atoms with Crippen LogP contribution in [-0.4, -0.2) is 52.6 Å². The lowest BCUT2D eigenvalue weighted by molar-refractivity contribution is 0.000143. The second-order valence-corrected chi connectivity index (χ2v) is 19.3. The molecule has 204 valence electrons. The van der Waals surface area contributed by atoms with Crippen LogP contribution in [0.4, 0.5) is 0 Å². The van der Waals surface area contributed by atoms with Crippen LogP contribution in [0, 0.1) is 11.8 Å². The summed E-state index contributed by atoms with van der Waals surface area (Å²) < 4.78 is 38.7. The van der Waals surface area contributed by atoms with E-state index in [-0.39, 0.29) is 0 Å². The average Bonchev–Trinajstić information content (AvgIpc) is 2.83. The van der Waals surface area contributed by atoms with Gasteiger partial charge < -0.3 is 25.9 Å². The van der Waals surface area contributed by atoms with Crippen molar-refractivity contribution in [2.75, 3.05) is 26.4 Å². The minimum Gasteiger partial charge on any atom is -0.415 e. The Labute approximate surface area is 218 Å². The molecular weight excluding hydrogens is 493 g/mol. The molecule has 0 N–H and O–H groups in total. The van der Waals surface area contributed by atoms with E-state index in [4.69, 9.17) is 25.9 Å². The highest BCUT2D eigenvalue weighted by atomic mass is 28.5. The predicted octanol–water partition coefficient (Wildman–Crippen LogP) is 7.24. The van der Waals surface area contributed by atoms with Crippen molar-refractivity contribution in [1.29, 1.82) is 0 Å². The lowest BCUT2D eigenvalue weighted by Gasteiger charge is -2.41. The fourth-order valence-corrected chi connectivity index (χ4v) is 17.5. The second-order valence-electron chi connectivity index (χ2n) is 10.0. The largest absolute Gasteiger partial charge is 0.670 e. The number of allylic oxidation sites excluding steroid dienone is 4. The van der Waals surface area contributed by atoms with Gasteiger partial charge in [-0.1, -0.05) is 24.3 Å². The smallest absolute Gasteiger partial charge is 0.415 e. The first kappa shape index (κ1) is 31.1. The van der Waals surface area contributed by atoms with E-state index in [0.717, 1.165) is 24.9 Å². The zero-order valence-corrected chi connectivity index (χ0v) is 26.3. The Balaban J connectivity index is 2.25. The molecule has 0 spiro atoms. The third kappa shape index (κ3) is 11.0. The molecule has 0 saturated heterocycles. The normalized spacial score (nSPS) is 24.3. The van der Waals surface area contributed by atoms with Crippen LogP contribution in [0.1, 0.15) is 79.1 Å². The molecule has 6 nitrogen and oxygen atoms in total. The van der Waals surface area contributed by atoms with Crippen LogP contribution in [0.3, 0.4) is 0 Å². The summed E-state index contributed by atoms with van der Waals surface area (Å²) in [5, 5.41) is 0. The fraction of sp³-hybridized carbons (Fsp3) is 0.846. The van der Waals surface area contributed by atoms with Crippen LogP contribution in [0.5, 0.6) is 0 Å². The van der Waals surface area contributed by atoms with Crippen LogP contribution in [0.2, 0.25) is 25.2 Å². The van der Waals surface area contributed by atoms with Gasteiger partial charge >= 0.3 is 26.2 Å². The van der Waals surface area contributed by atoms with Crippen molar-refractivity contribution >= 4 is 26.2 Å². The van der Waals surface area contributed by atoms with Crippen LogP contribution in [-0.2, 0) is 25.9 Å². The molecule has 4 atom stereocenters. The predicted molar refractivity (Wildman–Crippen MR) is 149 cm³/mol. The molecule has 0 amide bonds. The zero-order chi connectivity index (χ0) is 25.6. The molecule has 0 saturated carbocycles. The molecule has 9 heteroatoms. The second kappa shape index (κ2) is 16.0. The Morgan fingerprint density at radius 2 is 1.09 bits per heavy atom.